The monoisotopic (exact) mass is 234 g/mol. The van der Waals surface area contributed by atoms with Crippen LogP contribution in [0.2, 0.25) is 0 Å². The molecular formula is C13H15FN2O. The number of nitriles is 1. The SMILES string of the molecule is N#Cc1ccc(COCC2CCCN2)c(F)c1. The second-order valence-corrected chi connectivity index (χ2v) is 4.23. The molecule has 1 heterocycles. The quantitative estimate of drug-likeness (QED) is 0.866. The summed E-state index contributed by atoms with van der Waals surface area (Å²) in [4.78, 5) is 0. The summed E-state index contributed by atoms with van der Waals surface area (Å²) < 4.78 is 19.0. The van der Waals surface area contributed by atoms with Gasteiger partial charge in [0.1, 0.15) is 5.82 Å². The molecule has 0 amide bonds. The van der Waals surface area contributed by atoms with E-state index in [-0.39, 0.29) is 12.4 Å². The minimum Gasteiger partial charge on any atom is -0.375 e. The first-order valence-corrected chi connectivity index (χ1v) is 5.79. The Labute approximate surface area is 100 Å². The first-order valence-electron chi connectivity index (χ1n) is 5.79. The van der Waals surface area contributed by atoms with E-state index in [2.05, 4.69) is 5.32 Å². The molecule has 0 aromatic heterocycles. The summed E-state index contributed by atoms with van der Waals surface area (Å²) in [6, 6.07) is 6.76. The molecule has 1 unspecified atom stereocenters. The number of hydrogen-bond acceptors (Lipinski definition) is 3. The van der Waals surface area contributed by atoms with Gasteiger partial charge in [0.2, 0.25) is 0 Å². The second kappa shape index (κ2) is 5.76. The van der Waals surface area contributed by atoms with Gasteiger partial charge in [0.25, 0.3) is 0 Å². The summed E-state index contributed by atoms with van der Waals surface area (Å²) >= 11 is 0. The fourth-order valence-electron chi connectivity index (χ4n) is 1.94. The number of ether oxygens (including phenoxy) is 1. The van der Waals surface area contributed by atoms with Crippen LogP contribution in [0.4, 0.5) is 4.39 Å². The molecule has 0 spiro atoms. The molecule has 17 heavy (non-hydrogen) atoms. The molecule has 0 saturated carbocycles. The molecule has 1 aliphatic rings. The number of nitrogens with one attached hydrogen (secondary N) is 1. The van der Waals surface area contributed by atoms with E-state index in [1.54, 1.807) is 12.1 Å². The molecule has 4 heteroatoms. The Kier molecular flexibility index (Phi) is 4.08. The maximum Gasteiger partial charge on any atom is 0.130 e. The van der Waals surface area contributed by atoms with Crippen LogP contribution in [0.25, 0.3) is 0 Å². The summed E-state index contributed by atoms with van der Waals surface area (Å²) in [5, 5.41) is 11.9. The first kappa shape index (κ1) is 12.0. The minimum absolute atomic E-state index is 0.260. The van der Waals surface area contributed by atoms with Crippen molar-refractivity contribution in [3.63, 3.8) is 0 Å². The van der Waals surface area contributed by atoms with Gasteiger partial charge in [-0.2, -0.15) is 5.26 Å². The Morgan fingerprint density at radius 1 is 1.53 bits per heavy atom. The average Bonchev–Trinajstić information content (AvgIpc) is 2.84. The van der Waals surface area contributed by atoms with E-state index < -0.39 is 0 Å². The number of hydrogen-bond donors (Lipinski definition) is 1. The molecular weight excluding hydrogens is 219 g/mol. The third kappa shape index (κ3) is 3.26. The normalized spacial score (nSPS) is 19.2. The zero-order chi connectivity index (χ0) is 12.1. The predicted octanol–water partition coefficient (Wildman–Crippen LogP) is 1.97. The summed E-state index contributed by atoms with van der Waals surface area (Å²) in [6.07, 6.45) is 2.30. The lowest BCUT2D eigenvalue weighted by atomic mass is 10.1. The van der Waals surface area contributed by atoms with Crippen molar-refractivity contribution in [2.24, 2.45) is 0 Å². The van der Waals surface area contributed by atoms with Crippen molar-refractivity contribution in [2.45, 2.75) is 25.5 Å². The Bertz CT molecular complexity index is 422. The van der Waals surface area contributed by atoms with E-state index in [1.807, 2.05) is 6.07 Å². The van der Waals surface area contributed by atoms with Gasteiger partial charge >= 0.3 is 0 Å². The van der Waals surface area contributed by atoms with Gasteiger partial charge in [0.05, 0.1) is 24.8 Å². The van der Waals surface area contributed by atoms with E-state index >= 15 is 0 Å². The van der Waals surface area contributed by atoms with Crippen molar-refractivity contribution >= 4 is 0 Å². The van der Waals surface area contributed by atoms with E-state index in [9.17, 15) is 4.39 Å². The maximum absolute atomic E-state index is 13.5. The van der Waals surface area contributed by atoms with Gasteiger partial charge in [0.15, 0.2) is 0 Å². The van der Waals surface area contributed by atoms with Gasteiger partial charge in [-0.25, -0.2) is 4.39 Å². The molecule has 1 aromatic carbocycles. The van der Waals surface area contributed by atoms with Crippen LogP contribution in [0.15, 0.2) is 18.2 Å². The van der Waals surface area contributed by atoms with E-state index in [0.717, 1.165) is 13.0 Å². The van der Waals surface area contributed by atoms with Gasteiger partial charge in [-0.15, -0.1) is 0 Å². The van der Waals surface area contributed by atoms with Crippen LogP contribution in [-0.4, -0.2) is 19.2 Å². The molecule has 3 nitrogen and oxygen atoms in total. The topological polar surface area (TPSA) is 45.0 Å². The third-order valence-corrected chi connectivity index (χ3v) is 2.92. The summed E-state index contributed by atoms with van der Waals surface area (Å²) in [7, 11) is 0. The van der Waals surface area contributed by atoms with Crippen LogP contribution in [0, 0.1) is 17.1 Å². The maximum atomic E-state index is 13.5. The zero-order valence-electron chi connectivity index (χ0n) is 9.58. The van der Waals surface area contributed by atoms with Crippen molar-refractivity contribution < 1.29 is 9.13 Å². The second-order valence-electron chi connectivity index (χ2n) is 4.23. The highest BCUT2D eigenvalue weighted by molar-refractivity contribution is 5.32. The number of halogens is 1. The van der Waals surface area contributed by atoms with Crippen LogP contribution in [0.1, 0.15) is 24.0 Å². The van der Waals surface area contributed by atoms with Crippen LogP contribution >= 0.6 is 0 Å². The molecule has 1 N–H and O–H groups in total. The van der Waals surface area contributed by atoms with E-state index in [1.165, 1.54) is 12.5 Å². The van der Waals surface area contributed by atoms with E-state index in [4.69, 9.17) is 10.00 Å². The fourth-order valence-corrected chi connectivity index (χ4v) is 1.94. The van der Waals surface area contributed by atoms with Crippen molar-refractivity contribution in [1.82, 2.24) is 5.32 Å². The first-order chi connectivity index (χ1) is 8.29. The van der Waals surface area contributed by atoms with E-state index in [0.29, 0.717) is 23.8 Å². The average molecular weight is 234 g/mol. The Morgan fingerprint density at radius 3 is 3.06 bits per heavy atom. The van der Waals surface area contributed by atoms with Crippen LogP contribution in [0.3, 0.4) is 0 Å². The smallest absolute Gasteiger partial charge is 0.130 e. The third-order valence-electron chi connectivity index (χ3n) is 2.92. The Morgan fingerprint density at radius 2 is 2.41 bits per heavy atom. The molecule has 1 fully saturated rings. The Hall–Kier alpha value is -1.44. The van der Waals surface area contributed by atoms with Gasteiger partial charge in [-0.05, 0) is 31.5 Å². The largest absolute Gasteiger partial charge is 0.375 e. The molecule has 2 rings (SSSR count). The minimum atomic E-state index is -0.372. The molecule has 1 aromatic rings. The van der Waals surface area contributed by atoms with Crippen molar-refractivity contribution in [2.75, 3.05) is 13.2 Å². The van der Waals surface area contributed by atoms with Crippen LogP contribution in [-0.2, 0) is 11.3 Å². The predicted molar refractivity (Wildman–Crippen MR) is 61.8 cm³/mol. The molecule has 0 radical (unpaired) electrons. The summed E-state index contributed by atoms with van der Waals surface area (Å²) in [5.74, 6) is -0.372. The van der Waals surface area contributed by atoms with Crippen molar-refractivity contribution in [3.05, 3.63) is 35.1 Å². The molecule has 0 bridgehead atoms. The lowest BCUT2D eigenvalue weighted by molar-refractivity contribution is 0.101. The Balaban J connectivity index is 1.84. The summed E-state index contributed by atoms with van der Waals surface area (Å²) in [5.41, 5.74) is 0.839. The van der Waals surface area contributed by atoms with Gasteiger partial charge < -0.3 is 10.1 Å². The lowest BCUT2D eigenvalue weighted by Crippen LogP contribution is -2.26. The van der Waals surface area contributed by atoms with Crippen molar-refractivity contribution in [3.8, 4) is 6.07 Å². The van der Waals surface area contributed by atoms with Crippen molar-refractivity contribution in [1.29, 1.82) is 5.26 Å². The highest BCUT2D eigenvalue weighted by Crippen LogP contribution is 2.12. The number of rotatable bonds is 4. The molecule has 1 saturated heterocycles. The molecule has 1 atom stereocenters. The van der Waals surface area contributed by atoms with Gasteiger partial charge in [-0.3, -0.25) is 0 Å². The van der Waals surface area contributed by atoms with Gasteiger partial charge in [-0.1, -0.05) is 6.07 Å². The van der Waals surface area contributed by atoms with Crippen LogP contribution < -0.4 is 5.32 Å². The molecule has 0 aliphatic carbocycles. The van der Waals surface area contributed by atoms with Gasteiger partial charge in [0, 0.05) is 11.6 Å². The number of benzene rings is 1. The highest BCUT2D eigenvalue weighted by Gasteiger charge is 2.14. The molecule has 90 valence electrons. The standard InChI is InChI=1S/C13H15FN2O/c14-13-6-10(7-15)3-4-11(13)8-17-9-12-2-1-5-16-12/h3-4,6,12,16H,1-2,5,8-9H2. The summed E-state index contributed by atoms with van der Waals surface area (Å²) in [6.45, 7) is 1.91. The van der Waals surface area contributed by atoms with Crippen LogP contribution in [0.5, 0.6) is 0 Å². The molecule has 1 aliphatic heterocycles. The lowest BCUT2D eigenvalue weighted by Gasteiger charge is -2.11. The highest BCUT2D eigenvalue weighted by atomic mass is 19.1. The fraction of sp³-hybridized carbons (Fsp3) is 0.462. The number of nitrogens with zero attached hydrogens (tertiary/aromatic N) is 1. The zero-order valence-corrected chi connectivity index (χ0v) is 9.58.